The zero-order valence-electron chi connectivity index (χ0n) is 9.59. The standard InChI is InChI=1S/C12H17BrINO/c1-15-12(4-3-7-16-2)10-8-9(13)5-6-11(10)14/h5-6,8,12,15H,3-4,7H2,1-2H3. The smallest absolute Gasteiger partial charge is 0.0462 e. The van der Waals surface area contributed by atoms with Crippen LogP contribution in [0.5, 0.6) is 0 Å². The topological polar surface area (TPSA) is 21.3 Å². The van der Waals surface area contributed by atoms with Gasteiger partial charge in [0, 0.05) is 27.8 Å². The Morgan fingerprint density at radius 3 is 2.88 bits per heavy atom. The minimum absolute atomic E-state index is 0.402. The first-order valence-corrected chi connectivity index (χ1v) is 7.17. The molecule has 0 aliphatic rings. The van der Waals surface area contributed by atoms with Crippen LogP contribution in [0.3, 0.4) is 0 Å². The van der Waals surface area contributed by atoms with Gasteiger partial charge in [0.25, 0.3) is 0 Å². The van der Waals surface area contributed by atoms with Gasteiger partial charge in [0.15, 0.2) is 0 Å². The molecular formula is C12H17BrINO. The van der Waals surface area contributed by atoms with Crippen LogP contribution in [0.15, 0.2) is 22.7 Å². The van der Waals surface area contributed by atoms with Crippen LogP contribution in [-0.4, -0.2) is 20.8 Å². The Labute approximate surface area is 119 Å². The number of ether oxygens (including phenoxy) is 1. The summed E-state index contributed by atoms with van der Waals surface area (Å²) in [4.78, 5) is 0. The number of hydrogen-bond donors (Lipinski definition) is 1. The summed E-state index contributed by atoms with van der Waals surface area (Å²) in [6, 6.07) is 6.81. The van der Waals surface area contributed by atoms with Crippen LogP contribution in [0.2, 0.25) is 0 Å². The van der Waals surface area contributed by atoms with Gasteiger partial charge in [-0.05, 0) is 66.2 Å². The summed E-state index contributed by atoms with van der Waals surface area (Å²) in [5.41, 5.74) is 1.36. The number of rotatable bonds is 6. The van der Waals surface area contributed by atoms with Crippen LogP contribution >= 0.6 is 38.5 Å². The molecule has 1 rings (SSSR count). The van der Waals surface area contributed by atoms with E-state index in [4.69, 9.17) is 4.74 Å². The zero-order valence-corrected chi connectivity index (χ0v) is 13.3. The Balaban J connectivity index is 2.73. The molecule has 0 fully saturated rings. The van der Waals surface area contributed by atoms with Crippen molar-refractivity contribution in [3.63, 3.8) is 0 Å². The van der Waals surface area contributed by atoms with Crippen molar-refractivity contribution in [2.24, 2.45) is 0 Å². The van der Waals surface area contributed by atoms with Gasteiger partial charge in [0.2, 0.25) is 0 Å². The molecule has 0 heterocycles. The first kappa shape index (κ1) is 14.4. The van der Waals surface area contributed by atoms with E-state index in [-0.39, 0.29) is 0 Å². The van der Waals surface area contributed by atoms with Gasteiger partial charge in [-0.15, -0.1) is 0 Å². The van der Waals surface area contributed by atoms with Crippen molar-refractivity contribution in [3.8, 4) is 0 Å². The Hall–Kier alpha value is 0.350. The van der Waals surface area contributed by atoms with Crippen LogP contribution in [-0.2, 0) is 4.74 Å². The Morgan fingerprint density at radius 2 is 2.25 bits per heavy atom. The molecule has 0 bridgehead atoms. The summed E-state index contributed by atoms with van der Waals surface area (Å²) in [7, 11) is 3.76. The first-order valence-electron chi connectivity index (χ1n) is 5.30. The van der Waals surface area contributed by atoms with E-state index in [9.17, 15) is 0 Å². The van der Waals surface area contributed by atoms with Crippen molar-refractivity contribution in [2.45, 2.75) is 18.9 Å². The monoisotopic (exact) mass is 397 g/mol. The Morgan fingerprint density at radius 1 is 1.50 bits per heavy atom. The molecule has 0 aliphatic heterocycles. The maximum atomic E-state index is 5.09. The quantitative estimate of drug-likeness (QED) is 0.583. The van der Waals surface area contributed by atoms with Gasteiger partial charge in [0.05, 0.1) is 0 Å². The van der Waals surface area contributed by atoms with E-state index >= 15 is 0 Å². The largest absolute Gasteiger partial charge is 0.385 e. The highest BCUT2D eigenvalue weighted by Crippen LogP contribution is 2.26. The number of nitrogens with one attached hydrogen (secondary N) is 1. The molecule has 1 atom stereocenters. The van der Waals surface area contributed by atoms with Gasteiger partial charge in [-0.2, -0.15) is 0 Å². The molecule has 0 amide bonds. The van der Waals surface area contributed by atoms with Crippen LogP contribution in [0.1, 0.15) is 24.4 Å². The second-order valence-electron chi connectivity index (χ2n) is 3.64. The highest BCUT2D eigenvalue weighted by Gasteiger charge is 2.12. The molecule has 4 heteroatoms. The van der Waals surface area contributed by atoms with Gasteiger partial charge in [-0.25, -0.2) is 0 Å². The molecule has 1 N–H and O–H groups in total. The molecule has 1 unspecified atom stereocenters. The lowest BCUT2D eigenvalue weighted by molar-refractivity contribution is 0.189. The van der Waals surface area contributed by atoms with Gasteiger partial charge >= 0.3 is 0 Å². The van der Waals surface area contributed by atoms with Crippen molar-refractivity contribution < 1.29 is 4.74 Å². The minimum atomic E-state index is 0.402. The van der Waals surface area contributed by atoms with Gasteiger partial charge in [-0.1, -0.05) is 15.9 Å². The average Bonchev–Trinajstić information content (AvgIpc) is 2.28. The molecule has 0 aromatic heterocycles. The molecule has 0 saturated heterocycles. The van der Waals surface area contributed by atoms with Crippen molar-refractivity contribution in [1.29, 1.82) is 0 Å². The predicted molar refractivity (Wildman–Crippen MR) is 79.8 cm³/mol. The number of benzene rings is 1. The third kappa shape index (κ3) is 4.31. The lowest BCUT2D eigenvalue weighted by Gasteiger charge is -2.18. The molecule has 0 saturated carbocycles. The van der Waals surface area contributed by atoms with E-state index in [1.54, 1.807) is 7.11 Å². The number of hydrogen-bond acceptors (Lipinski definition) is 2. The second-order valence-corrected chi connectivity index (χ2v) is 5.72. The maximum Gasteiger partial charge on any atom is 0.0462 e. The number of halogens is 2. The molecule has 1 aromatic rings. The van der Waals surface area contributed by atoms with Gasteiger partial charge in [-0.3, -0.25) is 0 Å². The van der Waals surface area contributed by atoms with E-state index in [1.165, 1.54) is 9.13 Å². The third-order valence-electron chi connectivity index (χ3n) is 2.52. The van der Waals surface area contributed by atoms with Crippen molar-refractivity contribution in [3.05, 3.63) is 31.8 Å². The zero-order chi connectivity index (χ0) is 12.0. The van der Waals surface area contributed by atoms with Gasteiger partial charge < -0.3 is 10.1 Å². The maximum absolute atomic E-state index is 5.09. The summed E-state index contributed by atoms with van der Waals surface area (Å²) >= 11 is 5.90. The fraction of sp³-hybridized carbons (Fsp3) is 0.500. The molecule has 16 heavy (non-hydrogen) atoms. The second kappa shape index (κ2) is 7.63. The molecule has 0 radical (unpaired) electrons. The fourth-order valence-corrected chi connectivity index (χ4v) is 2.76. The highest BCUT2D eigenvalue weighted by atomic mass is 127. The van der Waals surface area contributed by atoms with E-state index in [0.29, 0.717) is 6.04 Å². The molecule has 0 aliphatic carbocycles. The summed E-state index contributed by atoms with van der Waals surface area (Å²) in [6.45, 7) is 0.822. The van der Waals surface area contributed by atoms with E-state index in [1.807, 2.05) is 7.05 Å². The summed E-state index contributed by atoms with van der Waals surface area (Å²) in [5.74, 6) is 0. The first-order chi connectivity index (χ1) is 7.69. The molecular weight excluding hydrogens is 381 g/mol. The van der Waals surface area contributed by atoms with Crippen molar-refractivity contribution in [1.82, 2.24) is 5.32 Å². The lowest BCUT2D eigenvalue weighted by atomic mass is 10.0. The third-order valence-corrected chi connectivity index (χ3v) is 4.00. The minimum Gasteiger partial charge on any atom is -0.385 e. The van der Waals surface area contributed by atoms with Crippen LogP contribution in [0, 0.1) is 3.57 Å². The summed E-state index contributed by atoms with van der Waals surface area (Å²) in [5, 5.41) is 3.36. The lowest BCUT2D eigenvalue weighted by Crippen LogP contribution is -2.18. The van der Waals surface area contributed by atoms with Crippen LogP contribution in [0.25, 0.3) is 0 Å². The van der Waals surface area contributed by atoms with E-state index < -0.39 is 0 Å². The van der Waals surface area contributed by atoms with Crippen LogP contribution in [0.4, 0.5) is 0 Å². The summed E-state index contributed by atoms with van der Waals surface area (Å²) < 4.78 is 7.53. The summed E-state index contributed by atoms with van der Waals surface area (Å²) in [6.07, 6.45) is 2.17. The normalized spacial score (nSPS) is 12.8. The molecule has 1 aromatic carbocycles. The van der Waals surface area contributed by atoms with Crippen molar-refractivity contribution >= 4 is 38.5 Å². The Kier molecular flexibility index (Phi) is 6.87. The molecule has 2 nitrogen and oxygen atoms in total. The molecule has 0 spiro atoms. The SMILES string of the molecule is CNC(CCCOC)c1cc(Br)ccc1I. The number of methoxy groups -OCH3 is 1. The van der Waals surface area contributed by atoms with E-state index in [2.05, 4.69) is 62.0 Å². The Bertz CT molecular complexity index is 333. The van der Waals surface area contributed by atoms with Gasteiger partial charge in [0.1, 0.15) is 0 Å². The average molecular weight is 398 g/mol. The highest BCUT2D eigenvalue weighted by molar-refractivity contribution is 14.1. The van der Waals surface area contributed by atoms with Crippen molar-refractivity contribution in [2.75, 3.05) is 20.8 Å². The fourth-order valence-electron chi connectivity index (χ4n) is 1.67. The molecule has 90 valence electrons. The van der Waals surface area contributed by atoms with Crippen LogP contribution < -0.4 is 5.32 Å². The predicted octanol–water partition coefficient (Wildman–Crippen LogP) is 3.74. The van der Waals surface area contributed by atoms with E-state index in [0.717, 1.165) is 23.9 Å².